The van der Waals surface area contributed by atoms with Crippen LogP contribution >= 0.6 is 0 Å². The number of amides is 1. The molecule has 134 valence electrons. The number of carbonyl (C=O) groups excluding carboxylic acids is 1. The fraction of sp³-hybridized carbons (Fsp3) is 0.350. The molecule has 3 unspecified atom stereocenters. The van der Waals surface area contributed by atoms with Crippen LogP contribution in [-0.2, 0) is 4.79 Å². The molecule has 0 aromatic heterocycles. The van der Waals surface area contributed by atoms with Gasteiger partial charge in [-0.3, -0.25) is 4.79 Å². The van der Waals surface area contributed by atoms with Gasteiger partial charge in [0.1, 0.15) is 6.10 Å². The summed E-state index contributed by atoms with van der Waals surface area (Å²) < 4.78 is 19.3. The van der Waals surface area contributed by atoms with Crippen LogP contribution in [0.4, 0.5) is 4.39 Å². The molecule has 5 heteroatoms. The lowest BCUT2D eigenvalue weighted by Crippen LogP contribution is -2.40. The maximum atomic E-state index is 13.7. The van der Waals surface area contributed by atoms with Crippen molar-refractivity contribution in [1.82, 2.24) is 5.32 Å². The van der Waals surface area contributed by atoms with Crippen LogP contribution in [0.2, 0.25) is 0 Å². The van der Waals surface area contributed by atoms with Gasteiger partial charge in [-0.1, -0.05) is 56.3 Å². The SMILES string of the molecule is CCC(CNC(=O)C(C)C(N)c1ccccc1)Oc1ccccc1F. The Morgan fingerprint density at radius 3 is 2.44 bits per heavy atom. The second-order valence-electron chi connectivity index (χ2n) is 6.05. The predicted octanol–water partition coefficient (Wildman–Crippen LogP) is 3.44. The van der Waals surface area contributed by atoms with Gasteiger partial charge < -0.3 is 15.8 Å². The van der Waals surface area contributed by atoms with Crippen molar-refractivity contribution in [2.45, 2.75) is 32.4 Å². The molecule has 0 aliphatic carbocycles. The van der Waals surface area contributed by atoms with Crippen molar-refractivity contribution in [1.29, 1.82) is 0 Å². The van der Waals surface area contributed by atoms with Crippen molar-refractivity contribution in [3.8, 4) is 5.75 Å². The van der Waals surface area contributed by atoms with E-state index in [1.807, 2.05) is 37.3 Å². The predicted molar refractivity (Wildman–Crippen MR) is 96.7 cm³/mol. The van der Waals surface area contributed by atoms with E-state index in [0.29, 0.717) is 13.0 Å². The molecule has 2 rings (SSSR count). The summed E-state index contributed by atoms with van der Waals surface area (Å²) in [6.45, 7) is 4.03. The number of ether oxygens (including phenoxy) is 1. The van der Waals surface area contributed by atoms with E-state index in [9.17, 15) is 9.18 Å². The number of nitrogens with two attached hydrogens (primary N) is 1. The molecule has 4 nitrogen and oxygen atoms in total. The quantitative estimate of drug-likeness (QED) is 0.771. The van der Waals surface area contributed by atoms with Crippen LogP contribution in [-0.4, -0.2) is 18.6 Å². The molecule has 25 heavy (non-hydrogen) atoms. The monoisotopic (exact) mass is 344 g/mol. The number of hydrogen-bond acceptors (Lipinski definition) is 3. The van der Waals surface area contributed by atoms with Gasteiger partial charge in [-0.25, -0.2) is 4.39 Å². The zero-order chi connectivity index (χ0) is 18.2. The lowest BCUT2D eigenvalue weighted by atomic mass is 9.94. The molecule has 2 aromatic carbocycles. The molecule has 3 atom stereocenters. The van der Waals surface area contributed by atoms with Gasteiger partial charge >= 0.3 is 0 Å². The van der Waals surface area contributed by atoms with Crippen LogP contribution in [0.1, 0.15) is 31.9 Å². The first-order valence-corrected chi connectivity index (χ1v) is 8.52. The Kier molecular flexibility index (Phi) is 6.95. The van der Waals surface area contributed by atoms with E-state index in [2.05, 4.69) is 5.32 Å². The third-order valence-corrected chi connectivity index (χ3v) is 4.23. The lowest BCUT2D eigenvalue weighted by Gasteiger charge is -2.22. The largest absolute Gasteiger partial charge is 0.486 e. The average Bonchev–Trinajstić information content (AvgIpc) is 2.65. The Bertz CT molecular complexity index is 678. The molecule has 0 bridgehead atoms. The molecule has 1 amide bonds. The molecule has 0 saturated heterocycles. The number of hydrogen-bond donors (Lipinski definition) is 2. The standard InChI is InChI=1S/C20H25FN2O2/c1-3-16(25-18-12-8-7-11-17(18)21)13-23-20(24)14(2)19(22)15-9-5-4-6-10-15/h4-12,14,16,19H,3,13,22H2,1-2H3,(H,23,24). The minimum atomic E-state index is -0.410. The highest BCUT2D eigenvalue weighted by Crippen LogP contribution is 2.20. The van der Waals surface area contributed by atoms with Crippen molar-refractivity contribution in [3.63, 3.8) is 0 Å². The van der Waals surface area contributed by atoms with Gasteiger partial charge in [-0.05, 0) is 24.1 Å². The molecule has 0 saturated carbocycles. The van der Waals surface area contributed by atoms with E-state index in [1.165, 1.54) is 6.07 Å². The highest BCUT2D eigenvalue weighted by Gasteiger charge is 2.23. The van der Waals surface area contributed by atoms with Crippen molar-refractivity contribution in [3.05, 3.63) is 66.0 Å². The van der Waals surface area contributed by atoms with Gasteiger partial charge in [0.25, 0.3) is 0 Å². The van der Waals surface area contributed by atoms with Crippen molar-refractivity contribution < 1.29 is 13.9 Å². The van der Waals surface area contributed by atoms with E-state index < -0.39 is 5.82 Å². The third kappa shape index (κ3) is 5.29. The maximum absolute atomic E-state index is 13.7. The first-order chi connectivity index (χ1) is 12.0. The molecule has 0 aliphatic heterocycles. The van der Waals surface area contributed by atoms with E-state index in [-0.39, 0.29) is 29.7 Å². The summed E-state index contributed by atoms with van der Waals surface area (Å²) in [5.74, 6) is -0.746. The molecule has 0 heterocycles. The summed E-state index contributed by atoms with van der Waals surface area (Å²) in [5.41, 5.74) is 7.10. The van der Waals surface area contributed by atoms with E-state index >= 15 is 0 Å². The molecular formula is C20H25FN2O2. The first-order valence-electron chi connectivity index (χ1n) is 8.52. The molecule has 0 aliphatic rings. The van der Waals surface area contributed by atoms with Gasteiger partial charge in [0.15, 0.2) is 11.6 Å². The zero-order valence-electron chi connectivity index (χ0n) is 14.6. The van der Waals surface area contributed by atoms with Crippen molar-refractivity contribution in [2.24, 2.45) is 11.7 Å². The summed E-state index contributed by atoms with van der Waals surface area (Å²) in [6, 6.07) is 15.4. The molecule has 0 fully saturated rings. The number of benzene rings is 2. The Morgan fingerprint density at radius 2 is 1.80 bits per heavy atom. The van der Waals surface area contributed by atoms with Crippen LogP contribution in [0, 0.1) is 11.7 Å². The first kappa shape index (κ1) is 18.9. The highest BCUT2D eigenvalue weighted by molar-refractivity contribution is 5.79. The summed E-state index contributed by atoms with van der Waals surface area (Å²) in [6.07, 6.45) is 0.342. The highest BCUT2D eigenvalue weighted by atomic mass is 19.1. The van der Waals surface area contributed by atoms with Gasteiger partial charge in [0, 0.05) is 6.04 Å². The minimum Gasteiger partial charge on any atom is -0.486 e. The molecular weight excluding hydrogens is 319 g/mol. The number of carbonyl (C=O) groups is 1. The maximum Gasteiger partial charge on any atom is 0.224 e. The van der Waals surface area contributed by atoms with E-state index in [0.717, 1.165) is 5.56 Å². The van der Waals surface area contributed by atoms with E-state index in [1.54, 1.807) is 25.1 Å². The molecule has 0 radical (unpaired) electrons. The van der Waals surface area contributed by atoms with Crippen LogP contribution in [0.25, 0.3) is 0 Å². The number of halogens is 1. The van der Waals surface area contributed by atoms with E-state index in [4.69, 9.17) is 10.5 Å². The zero-order valence-corrected chi connectivity index (χ0v) is 14.6. The third-order valence-electron chi connectivity index (χ3n) is 4.23. The van der Waals surface area contributed by atoms with Crippen LogP contribution < -0.4 is 15.8 Å². The number of rotatable bonds is 8. The average molecular weight is 344 g/mol. The van der Waals surface area contributed by atoms with Gasteiger partial charge in [0.05, 0.1) is 12.5 Å². The lowest BCUT2D eigenvalue weighted by molar-refractivity contribution is -0.125. The van der Waals surface area contributed by atoms with Gasteiger partial charge in [-0.2, -0.15) is 0 Å². The second-order valence-corrected chi connectivity index (χ2v) is 6.05. The Hall–Kier alpha value is -2.40. The van der Waals surface area contributed by atoms with Crippen molar-refractivity contribution in [2.75, 3.05) is 6.54 Å². The smallest absolute Gasteiger partial charge is 0.224 e. The number of para-hydroxylation sites is 1. The Balaban J connectivity index is 1.90. The van der Waals surface area contributed by atoms with Gasteiger partial charge in [-0.15, -0.1) is 0 Å². The summed E-state index contributed by atoms with van der Waals surface area (Å²) in [7, 11) is 0. The summed E-state index contributed by atoms with van der Waals surface area (Å²) in [5, 5.41) is 2.86. The fourth-order valence-corrected chi connectivity index (χ4v) is 2.49. The van der Waals surface area contributed by atoms with Crippen LogP contribution in [0.15, 0.2) is 54.6 Å². The van der Waals surface area contributed by atoms with Crippen LogP contribution in [0.3, 0.4) is 0 Å². The molecule has 2 aromatic rings. The number of nitrogens with one attached hydrogen (secondary N) is 1. The summed E-state index contributed by atoms with van der Waals surface area (Å²) in [4.78, 5) is 12.4. The second kappa shape index (κ2) is 9.18. The Morgan fingerprint density at radius 1 is 1.16 bits per heavy atom. The van der Waals surface area contributed by atoms with Crippen LogP contribution in [0.5, 0.6) is 5.75 Å². The minimum absolute atomic E-state index is 0.146. The molecule has 0 spiro atoms. The topological polar surface area (TPSA) is 64.4 Å². The summed E-state index contributed by atoms with van der Waals surface area (Å²) >= 11 is 0. The van der Waals surface area contributed by atoms with Crippen molar-refractivity contribution >= 4 is 5.91 Å². The normalized spacial score (nSPS) is 14.4. The Labute approximate surface area is 148 Å². The molecule has 3 N–H and O–H groups in total. The van der Waals surface area contributed by atoms with Gasteiger partial charge in [0.2, 0.25) is 5.91 Å². The fourth-order valence-electron chi connectivity index (χ4n) is 2.49.